The van der Waals surface area contributed by atoms with Crippen LogP contribution in [0.5, 0.6) is 11.5 Å². The van der Waals surface area contributed by atoms with E-state index >= 15 is 0 Å². The molecule has 0 aliphatic carbocycles. The molecule has 0 saturated heterocycles. The molecule has 3 rings (SSSR count). The third-order valence-corrected chi connectivity index (χ3v) is 5.00. The second-order valence-electron chi connectivity index (χ2n) is 5.26. The van der Waals surface area contributed by atoms with E-state index in [0.29, 0.717) is 22.5 Å². The highest BCUT2D eigenvalue weighted by Gasteiger charge is 2.13. The molecule has 0 aliphatic heterocycles. The summed E-state index contributed by atoms with van der Waals surface area (Å²) in [6, 6.07) is 11.5. The standard InChI is InChI=1S/C17H16BrFN4O2S/c1-24-15-7-2-12(18)8-11(15)10-26-17-22-21-16(23(17)20)9-25-14-5-3-13(19)4-6-14/h2-8H,9-10,20H2,1H3. The Bertz CT molecular complexity index is 889. The average Bonchev–Trinajstić information content (AvgIpc) is 2.99. The fourth-order valence-corrected chi connectivity index (χ4v) is 3.45. The van der Waals surface area contributed by atoms with Gasteiger partial charge in [0, 0.05) is 15.8 Å². The zero-order valence-corrected chi connectivity index (χ0v) is 16.3. The molecule has 3 aromatic rings. The first kappa shape index (κ1) is 18.5. The van der Waals surface area contributed by atoms with Crippen molar-refractivity contribution in [2.45, 2.75) is 17.5 Å². The van der Waals surface area contributed by atoms with E-state index in [-0.39, 0.29) is 12.4 Å². The fourth-order valence-electron chi connectivity index (χ4n) is 2.19. The van der Waals surface area contributed by atoms with E-state index in [1.54, 1.807) is 19.2 Å². The molecule has 1 aromatic heterocycles. The van der Waals surface area contributed by atoms with Gasteiger partial charge in [-0.3, -0.25) is 0 Å². The number of nitrogens with zero attached hydrogens (tertiary/aromatic N) is 3. The number of thioether (sulfide) groups is 1. The van der Waals surface area contributed by atoms with E-state index in [2.05, 4.69) is 26.1 Å². The minimum atomic E-state index is -0.319. The molecule has 0 fully saturated rings. The monoisotopic (exact) mass is 438 g/mol. The quantitative estimate of drug-likeness (QED) is 0.446. The number of aromatic nitrogens is 3. The fraction of sp³-hybridized carbons (Fsp3) is 0.176. The molecular weight excluding hydrogens is 423 g/mol. The summed E-state index contributed by atoms with van der Waals surface area (Å²) in [5, 5.41) is 8.70. The average molecular weight is 439 g/mol. The van der Waals surface area contributed by atoms with Crippen molar-refractivity contribution in [3.05, 3.63) is 64.1 Å². The van der Waals surface area contributed by atoms with Crippen LogP contribution in [0, 0.1) is 5.82 Å². The molecule has 0 radical (unpaired) electrons. The maximum absolute atomic E-state index is 12.9. The molecule has 9 heteroatoms. The number of nitrogen functional groups attached to an aromatic ring is 1. The number of rotatable bonds is 7. The summed E-state index contributed by atoms with van der Waals surface area (Å²) in [5.74, 6) is 8.15. The van der Waals surface area contributed by atoms with Crippen molar-refractivity contribution in [1.82, 2.24) is 14.9 Å². The summed E-state index contributed by atoms with van der Waals surface area (Å²) in [6.07, 6.45) is 0. The van der Waals surface area contributed by atoms with Gasteiger partial charge in [-0.05, 0) is 42.5 Å². The molecule has 26 heavy (non-hydrogen) atoms. The smallest absolute Gasteiger partial charge is 0.210 e. The van der Waals surface area contributed by atoms with Crippen molar-refractivity contribution < 1.29 is 13.9 Å². The van der Waals surface area contributed by atoms with Gasteiger partial charge in [-0.25, -0.2) is 9.07 Å². The maximum Gasteiger partial charge on any atom is 0.210 e. The number of halogens is 2. The van der Waals surface area contributed by atoms with Gasteiger partial charge in [0.15, 0.2) is 5.82 Å². The molecule has 136 valence electrons. The Morgan fingerprint density at radius 2 is 1.96 bits per heavy atom. The van der Waals surface area contributed by atoms with Crippen LogP contribution in [0.25, 0.3) is 0 Å². The van der Waals surface area contributed by atoms with E-state index < -0.39 is 0 Å². The van der Waals surface area contributed by atoms with Crippen LogP contribution in [0.4, 0.5) is 4.39 Å². The minimum absolute atomic E-state index is 0.135. The highest BCUT2D eigenvalue weighted by Crippen LogP contribution is 2.29. The van der Waals surface area contributed by atoms with Crippen molar-refractivity contribution in [3.63, 3.8) is 0 Å². The van der Waals surface area contributed by atoms with Gasteiger partial charge in [-0.2, -0.15) is 0 Å². The Morgan fingerprint density at radius 1 is 1.19 bits per heavy atom. The molecule has 0 bridgehead atoms. The van der Waals surface area contributed by atoms with Crippen molar-refractivity contribution in [2.75, 3.05) is 13.0 Å². The predicted octanol–water partition coefficient (Wildman–Crippen LogP) is 3.77. The highest BCUT2D eigenvalue weighted by molar-refractivity contribution is 9.10. The summed E-state index contributed by atoms with van der Waals surface area (Å²) in [7, 11) is 1.63. The third kappa shape index (κ3) is 4.47. The molecule has 0 amide bonds. The Balaban J connectivity index is 1.63. The molecular formula is C17H16BrFN4O2S. The lowest BCUT2D eigenvalue weighted by atomic mass is 10.2. The molecule has 0 saturated carbocycles. The van der Waals surface area contributed by atoms with E-state index in [0.717, 1.165) is 15.8 Å². The van der Waals surface area contributed by atoms with Crippen molar-refractivity contribution in [3.8, 4) is 11.5 Å². The molecule has 1 heterocycles. The summed E-state index contributed by atoms with van der Waals surface area (Å²) < 4.78 is 26.2. The van der Waals surface area contributed by atoms with Gasteiger partial charge >= 0.3 is 0 Å². The molecule has 2 aromatic carbocycles. The first-order valence-electron chi connectivity index (χ1n) is 7.60. The van der Waals surface area contributed by atoms with Crippen LogP contribution in [0.1, 0.15) is 11.4 Å². The van der Waals surface area contributed by atoms with E-state index in [9.17, 15) is 4.39 Å². The van der Waals surface area contributed by atoms with Gasteiger partial charge < -0.3 is 15.3 Å². The number of nitrogens with two attached hydrogens (primary N) is 1. The van der Waals surface area contributed by atoms with E-state index in [4.69, 9.17) is 15.3 Å². The third-order valence-electron chi connectivity index (χ3n) is 3.52. The zero-order valence-electron chi connectivity index (χ0n) is 13.9. The lowest BCUT2D eigenvalue weighted by Crippen LogP contribution is -2.15. The van der Waals surface area contributed by atoms with Crippen LogP contribution in [-0.4, -0.2) is 22.0 Å². The summed E-state index contributed by atoms with van der Waals surface area (Å²) in [6.45, 7) is 0.135. The van der Waals surface area contributed by atoms with Crippen LogP contribution in [0.2, 0.25) is 0 Å². The topological polar surface area (TPSA) is 75.2 Å². The highest BCUT2D eigenvalue weighted by atomic mass is 79.9. The molecule has 0 atom stereocenters. The van der Waals surface area contributed by atoms with Crippen LogP contribution in [0.3, 0.4) is 0 Å². The van der Waals surface area contributed by atoms with Gasteiger partial charge in [-0.15, -0.1) is 10.2 Å². The summed E-state index contributed by atoms with van der Waals surface area (Å²) in [4.78, 5) is 0. The van der Waals surface area contributed by atoms with Gasteiger partial charge in [0.05, 0.1) is 7.11 Å². The molecule has 0 unspecified atom stereocenters. The van der Waals surface area contributed by atoms with E-state index in [1.807, 2.05) is 18.2 Å². The number of benzene rings is 2. The van der Waals surface area contributed by atoms with Crippen LogP contribution in [0.15, 0.2) is 52.1 Å². The van der Waals surface area contributed by atoms with Crippen LogP contribution >= 0.6 is 27.7 Å². The second kappa shape index (κ2) is 8.41. The molecule has 6 nitrogen and oxygen atoms in total. The Labute approximate surface area is 162 Å². The summed E-state index contributed by atoms with van der Waals surface area (Å²) >= 11 is 4.90. The van der Waals surface area contributed by atoms with Crippen molar-refractivity contribution in [1.29, 1.82) is 0 Å². The minimum Gasteiger partial charge on any atom is -0.496 e. The predicted molar refractivity (Wildman–Crippen MR) is 101 cm³/mol. The first-order valence-corrected chi connectivity index (χ1v) is 9.37. The first-order chi connectivity index (χ1) is 12.6. The molecule has 0 spiro atoms. The second-order valence-corrected chi connectivity index (χ2v) is 7.11. The number of hydrogen-bond donors (Lipinski definition) is 1. The van der Waals surface area contributed by atoms with Gasteiger partial charge in [0.1, 0.15) is 23.9 Å². The SMILES string of the molecule is COc1ccc(Br)cc1CSc1nnc(COc2ccc(F)cc2)n1N. The Morgan fingerprint density at radius 3 is 2.69 bits per heavy atom. The van der Waals surface area contributed by atoms with Crippen molar-refractivity contribution in [2.24, 2.45) is 0 Å². The largest absolute Gasteiger partial charge is 0.496 e. The lowest BCUT2D eigenvalue weighted by Gasteiger charge is -2.09. The molecule has 0 aliphatic rings. The molecule has 2 N–H and O–H groups in total. The normalized spacial score (nSPS) is 10.7. The van der Waals surface area contributed by atoms with Crippen LogP contribution < -0.4 is 15.3 Å². The number of ether oxygens (including phenoxy) is 2. The number of hydrogen-bond acceptors (Lipinski definition) is 6. The summed E-state index contributed by atoms with van der Waals surface area (Å²) in [5.41, 5.74) is 1.01. The zero-order chi connectivity index (χ0) is 18.5. The van der Waals surface area contributed by atoms with Crippen LogP contribution in [-0.2, 0) is 12.4 Å². The lowest BCUT2D eigenvalue weighted by molar-refractivity contribution is 0.291. The number of methoxy groups -OCH3 is 1. The van der Waals surface area contributed by atoms with Gasteiger partial charge in [0.2, 0.25) is 5.16 Å². The Hall–Kier alpha value is -2.26. The van der Waals surface area contributed by atoms with Crippen molar-refractivity contribution >= 4 is 27.7 Å². The van der Waals surface area contributed by atoms with Gasteiger partial charge in [0.25, 0.3) is 0 Å². The van der Waals surface area contributed by atoms with E-state index in [1.165, 1.54) is 28.6 Å². The van der Waals surface area contributed by atoms with Gasteiger partial charge in [-0.1, -0.05) is 27.7 Å². The Kier molecular flexibility index (Phi) is 6.00. The maximum atomic E-state index is 12.9.